The quantitative estimate of drug-likeness (QED) is 0.282. The maximum Gasteiger partial charge on any atom is 0.354 e. The lowest BCUT2D eigenvalue weighted by Crippen LogP contribution is -2.17. The van der Waals surface area contributed by atoms with Crippen LogP contribution in [0, 0.1) is 19.7 Å². The Kier molecular flexibility index (Phi) is 8.47. The Morgan fingerprint density at radius 2 is 1.71 bits per heavy atom. The molecule has 0 fully saturated rings. The van der Waals surface area contributed by atoms with Gasteiger partial charge in [0.1, 0.15) is 28.5 Å². The molecule has 0 amide bonds. The molecule has 2 N–H and O–H groups in total. The smallest absolute Gasteiger partial charge is 0.354 e. The topological polar surface area (TPSA) is 93.6 Å². The molecule has 0 aliphatic carbocycles. The third-order valence-electron chi connectivity index (χ3n) is 6.07. The Morgan fingerprint density at radius 3 is 2.29 bits per heavy atom. The number of H-pyrrole nitrogens is 1. The number of rotatable bonds is 6. The fourth-order valence-corrected chi connectivity index (χ4v) is 4.25. The first-order valence-corrected chi connectivity index (χ1v) is 12.6. The zero-order valence-electron chi connectivity index (χ0n) is 23.2. The van der Waals surface area contributed by atoms with E-state index in [-0.39, 0.29) is 29.2 Å². The lowest BCUT2D eigenvalue weighted by Gasteiger charge is -2.22. The number of esters is 1. The molecule has 7 nitrogen and oxygen atoms in total. The van der Waals surface area contributed by atoms with Crippen LogP contribution in [0.1, 0.15) is 61.8 Å². The zero-order valence-corrected chi connectivity index (χ0v) is 23.2. The molecular formula is C30H35FN2O5. The van der Waals surface area contributed by atoms with E-state index in [1.54, 1.807) is 72.1 Å². The van der Waals surface area contributed by atoms with Crippen molar-refractivity contribution in [2.75, 3.05) is 6.61 Å². The van der Waals surface area contributed by atoms with E-state index in [0.29, 0.717) is 44.7 Å². The zero-order chi connectivity index (χ0) is 28.4. The van der Waals surface area contributed by atoms with Gasteiger partial charge in [0.25, 0.3) is 5.56 Å². The van der Waals surface area contributed by atoms with Gasteiger partial charge in [-0.15, -0.1) is 0 Å². The van der Waals surface area contributed by atoms with Gasteiger partial charge in [-0.2, -0.15) is 0 Å². The molecule has 0 saturated heterocycles. The molecule has 2 aromatic carbocycles. The number of halogens is 1. The molecule has 0 unspecified atom stereocenters. The number of hydrogen-bond donors (Lipinski definition) is 2. The number of benzene rings is 2. The van der Waals surface area contributed by atoms with E-state index >= 15 is 0 Å². The number of fused-ring (bicyclic) bond motifs is 1. The van der Waals surface area contributed by atoms with Gasteiger partial charge < -0.3 is 24.1 Å². The van der Waals surface area contributed by atoms with E-state index in [2.05, 4.69) is 4.98 Å². The van der Waals surface area contributed by atoms with Crippen molar-refractivity contribution in [1.82, 2.24) is 9.55 Å². The predicted molar refractivity (Wildman–Crippen MR) is 147 cm³/mol. The monoisotopic (exact) mass is 522 g/mol. The maximum atomic E-state index is 13.9. The van der Waals surface area contributed by atoms with Gasteiger partial charge in [0.15, 0.2) is 0 Å². The number of aryl methyl sites for hydroxylation is 3. The second kappa shape index (κ2) is 11.2. The molecule has 2 aromatic heterocycles. The van der Waals surface area contributed by atoms with Crippen LogP contribution in [-0.2, 0) is 17.4 Å². The van der Waals surface area contributed by atoms with E-state index in [1.165, 1.54) is 16.7 Å². The minimum absolute atomic E-state index is 0.155. The molecule has 0 atom stereocenters. The highest BCUT2D eigenvalue weighted by molar-refractivity contribution is 6.01. The van der Waals surface area contributed by atoms with E-state index < -0.39 is 11.6 Å². The molecule has 4 aromatic rings. The number of pyridine rings is 1. The predicted octanol–water partition coefficient (Wildman–Crippen LogP) is 6.51. The minimum atomic E-state index is -1.15. The fraction of sp³-hybridized carbons (Fsp3) is 0.333. The molecule has 0 radical (unpaired) electrons. The van der Waals surface area contributed by atoms with Crippen molar-refractivity contribution >= 4 is 16.9 Å². The van der Waals surface area contributed by atoms with Crippen LogP contribution in [0.3, 0.4) is 0 Å². The van der Waals surface area contributed by atoms with Gasteiger partial charge in [-0.25, -0.2) is 9.18 Å². The van der Waals surface area contributed by atoms with Crippen LogP contribution < -0.4 is 10.3 Å². The van der Waals surface area contributed by atoms with Crippen molar-refractivity contribution in [3.05, 3.63) is 81.2 Å². The lowest BCUT2D eigenvalue weighted by molar-refractivity contribution is 0.0520. The van der Waals surface area contributed by atoms with Crippen LogP contribution in [0.25, 0.3) is 22.0 Å². The van der Waals surface area contributed by atoms with Crippen LogP contribution in [0.5, 0.6) is 11.5 Å². The first kappa shape index (κ1) is 28.7. The highest BCUT2D eigenvalue weighted by Crippen LogP contribution is 2.40. The number of ether oxygens (including phenoxy) is 2. The van der Waals surface area contributed by atoms with Gasteiger partial charge >= 0.3 is 5.97 Å². The largest absolute Gasteiger partial charge is 0.461 e. The Labute approximate surface area is 221 Å². The van der Waals surface area contributed by atoms with E-state index in [9.17, 15) is 19.1 Å². The molecule has 0 bridgehead atoms. The van der Waals surface area contributed by atoms with Crippen molar-refractivity contribution in [3.63, 3.8) is 0 Å². The Bertz CT molecular complexity index is 1520. The molecule has 8 heteroatoms. The summed E-state index contributed by atoms with van der Waals surface area (Å²) < 4.78 is 26.7. The average molecular weight is 523 g/mol. The highest BCUT2D eigenvalue weighted by atomic mass is 19.1. The summed E-state index contributed by atoms with van der Waals surface area (Å²) in [5, 5.41) is 11.2. The summed E-state index contributed by atoms with van der Waals surface area (Å²) in [6, 6.07) is 9.66. The number of aromatic nitrogens is 2. The van der Waals surface area contributed by atoms with Crippen molar-refractivity contribution in [2.24, 2.45) is 7.05 Å². The maximum absolute atomic E-state index is 13.9. The number of carbonyl (C=O) groups is 1. The number of nitrogens with zero attached hydrogens (tertiary/aromatic N) is 1. The normalized spacial score (nSPS) is 11.2. The van der Waals surface area contributed by atoms with E-state index in [4.69, 9.17) is 9.47 Å². The van der Waals surface area contributed by atoms with Crippen molar-refractivity contribution in [3.8, 4) is 22.6 Å². The summed E-state index contributed by atoms with van der Waals surface area (Å²) in [6.45, 7) is 12.8. The molecule has 0 aliphatic heterocycles. The number of nitrogens with one attached hydrogen (secondary N) is 1. The molecule has 0 spiro atoms. The van der Waals surface area contributed by atoms with Gasteiger partial charge in [-0.1, -0.05) is 19.9 Å². The number of hydrogen-bond acceptors (Lipinski definition) is 5. The Balaban J connectivity index is 0.00000195. The number of carbonyl (C=O) groups excluding carboxylic acids is 1. The second-order valence-electron chi connectivity index (χ2n) is 9.39. The summed E-state index contributed by atoms with van der Waals surface area (Å²) in [6.07, 6.45) is 1.66. The summed E-state index contributed by atoms with van der Waals surface area (Å²) in [4.78, 5) is 28.2. The molecule has 0 saturated carbocycles. The van der Waals surface area contributed by atoms with Crippen LogP contribution in [-0.4, -0.2) is 27.2 Å². The first-order valence-electron chi connectivity index (χ1n) is 12.6. The molecule has 202 valence electrons. The molecule has 38 heavy (non-hydrogen) atoms. The third kappa shape index (κ3) is 5.65. The van der Waals surface area contributed by atoms with Crippen molar-refractivity contribution in [1.29, 1.82) is 0 Å². The minimum Gasteiger partial charge on any atom is -0.461 e. The molecular weight excluding hydrogens is 487 g/mol. The summed E-state index contributed by atoms with van der Waals surface area (Å²) in [5.41, 5.74) is 2.02. The van der Waals surface area contributed by atoms with Crippen LogP contribution in [0.2, 0.25) is 0 Å². The Hall–Kier alpha value is -3.91. The van der Waals surface area contributed by atoms with Crippen molar-refractivity contribution in [2.45, 2.75) is 54.1 Å². The van der Waals surface area contributed by atoms with Gasteiger partial charge in [0.05, 0.1) is 12.2 Å². The second-order valence-corrected chi connectivity index (χ2v) is 9.39. The number of aliphatic hydroxyl groups is 1. The number of aromatic amines is 1. The molecule has 0 aliphatic rings. The van der Waals surface area contributed by atoms with Gasteiger partial charge in [0.2, 0.25) is 0 Å². The SMILES string of the molecule is CC.CCOC(=O)c1cc2c(-c3cc(C(C)(C)O)ccc3Oc3c(C)cc(F)cc3C)cn(C)c(=O)c2[nH]1. The van der Waals surface area contributed by atoms with Gasteiger partial charge in [-0.05, 0) is 81.6 Å². The van der Waals surface area contributed by atoms with Crippen molar-refractivity contribution < 1.29 is 23.8 Å². The fourth-order valence-electron chi connectivity index (χ4n) is 4.25. The van der Waals surface area contributed by atoms with E-state index in [1.807, 2.05) is 13.8 Å². The summed E-state index contributed by atoms with van der Waals surface area (Å²) in [5.74, 6) is 0.0326. The standard InChI is InChI=1S/C28H29FN2O5.C2H6/c1-7-35-27(33)22-13-20-21(14-31(6)26(32)24(20)30-22)19-12-17(28(4,5)34)8-9-23(19)36-25-15(2)10-18(29)11-16(25)3;1-2/h8-14,30,34H,7H2,1-6H3;1-2H3. The first-order chi connectivity index (χ1) is 17.9. The third-order valence-corrected chi connectivity index (χ3v) is 6.07. The summed E-state index contributed by atoms with van der Waals surface area (Å²) >= 11 is 0. The molecule has 4 rings (SSSR count). The highest BCUT2D eigenvalue weighted by Gasteiger charge is 2.23. The Morgan fingerprint density at radius 1 is 1.08 bits per heavy atom. The lowest BCUT2D eigenvalue weighted by atomic mass is 9.93. The van der Waals surface area contributed by atoms with E-state index in [0.717, 1.165) is 0 Å². The molecule has 2 heterocycles. The average Bonchev–Trinajstić information content (AvgIpc) is 3.30. The van der Waals surface area contributed by atoms with Gasteiger partial charge in [0, 0.05) is 29.8 Å². The van der Waals surface area contributed by atoms with Crippen LogP contribution in [0.4, 0.5) is 4.39 Å². The van der Waals surface area contributed by atoms with Crippen LogP contribution in [0.15, 0.2) is 47.4 Å². The van der Waals surface area contributed by atoms with Gasteiger partial charge in [-0.3, -0.25) is 4.79 Å². The van der Waals surface area contributed by atoms with Crippen LogP contribution >= 0.6 is 0 Å². The summed E-state index contributed by atoms with van der Waals surface area (Å²) in [7, 11) is 1.62.